The molecule has 0 saturated carbocycles. The van der Waals surface area contributed by atoms with Crippen LogP contribution in [-0.4, -0.2) is 22.5 Å². The predicted octanol–water partition coefficient (Wildman–Crippen LogP) is 2.84. The summed E-state index contributed by atoms with van der Waals surface area (Å²) in [6.07, 6.45) is 3.95. The minimum atomic E-state index is -0.151. The Morgan fingerprint density at radius 1 is 1.42 bits per heavy atom. The van der Waals surface area contributed by atoms with Gasteiger partial charge >= 0.3 is 0 Å². The van der Waals surface area contributed by atoms with Crippen molar-refractivity contribution in [1.82, 2.24) is 5.32 Å². The number of halogens is 1. The topological polar surface area (TPSA) is 53.8 Å². The minimum Gasteiger partial charge on any atom is -0.303 e. The SMILES string of the molecule is C=CCC1S/C(=N\N=Cc2ccc(Cl)cc2)NC1=O. The van der Waals surface area contributed by atoms with Crippen molar-refractivity contribution in [2.75, 3.05) is 0 Å². The molecule has 1 atom stereocenters. The number of benzene rings is 1. The Labute approximate surface area is 120 Å². The summed E-state index contributed by atoms with van der Waals surface area (Å²) in [7, 11) is 0. The van der Waals surface area contributed by atoms with Gasteiger partial charge in [0.1, 0.15) is 0 Å². The van der Waals surface area contributed by atoms with Gasteiger partial charge in [0.25, 0.3) is 0 Å². The highest BCUT2D eigenvalue weighted by Crippen LogP contribution is 2.22. The fourth-order valence-electron chi connectivity index (χ4n) is 1.46. The Morgan fingerprint density at radius 3 is 2.84 bits per heavy atom. The predicted molar refractivity (Wildman–Crippen MR) is 80.8 cm³/mol. The van der Waals surface area contributed by atoms with E-state index in [1.54, 1.807) is 24.4 Å². The number of carbonyl (C=O) groups is 1. The second-order valence-electron chi connectivity index (χ2n) is 3.82. The molecule has 1 aromatic carbocycles. The van der Waals surface area contributed by atoms with E-state index in [1.165, 1.54) is 11.8 Å². The molecule has 98 valence electrons. The molecule has 1 saturated heterocycles. The van der Waals surface area contributed by atoms with Gasteiger partial charge in [0, 0.05) is 5.02 Å². The first-order valence-corrected chi connectivity index (χ1v) is 6.90. The van der Waals surface area contributed by atoms with Crippen molar-refractivity contribution in [3.63, 3.8) is 0 Å². The van der Waals surface area contributed by atoms with E-state index in [0.29, 0.717) is 16.6 Å². The summed E-state index contributed by atoms with van der Waals surface area (Å²) < 4.78 is 0. The maximum Gasteiger partial charge on any atom is 0.239 e. The van der Waals surface area contributed by atoms with E-state index in [-0.39, 0.29) is 11.2 Å². The first-order chi connectivity index (χ1) is 9.19. The second-order valence-corrected chi connectivity index (χ2v) is 5.45. The van der Waals surface area contributed by atoms with Crippen molar-refractivity contribution in [2.24, 2.45) is 10.2 Å². The molecule has 1 aliphatic rings. The number of rotatable bonds is 4. The zero-order chi connectivity index (χ0) is 13.7. The molecule has 0 spiro atoms. The third-order valence-electron chi connectivity index (χ3n) is 2.38. The monoisotopic (exact) mass is 293 g/mol. The van der Waals surface area contributed by atoms with E-state index in [9.17, 15) is 4.79 Å². The summed E-state index contributed by atoms with van der Waals surface area (Å²) >= 11 is 7.14. The van der Waals surface area contributed by atoms with E-state index in [1.807, 2.05) is 12.1 Å². The van der Waals surface area contributed by atoms with Crippen LogP contribution in [0.25, 0.3) is 0 Å². The summed E-state index contributed by atoms with van der Waals surface area (Å²) in [5.41, 5.74) is 0.894. The summed E-state index contributed by atoms with van der Waals surface area (Å²) in [4.78, 5) is 11.5. The largest absolute Gasteiger partial charge is 0.303 e. The van der Waals surface area contributed by atoms with Crippen LogP contribution in [0.2, 0.25) is 5.02 Å². The van der Waals surface area contributed by atoms with Crippen molar-refractivity contribution in [3.05, 3.63) is 47.5 Å². The van der Waals surface area contributed by atoms with Crippen molar-refractivity contribution in [3.8, 4) is 0 Å². The van der Waals surface area contributed by atoms with E-state index in [0.717, 1.165) is 5.56 Å². The van der Waals surface area contributed by atoms with Gasteiger partial charge in [-0.1, -0.05) is 41.6 Å². The highest BCUT2D eigenvalue weighted by Gasteiger charge is 2.28. The molecule has 19 heavy (non-hydrogen) atoms. The van der Waals surface area contributed by atoms with Gasteiger partial charge in [0.05, 0.1) is 11.5 Å². The Kier molecular flexibility index (Phi) is 4.76. The molecule has 6 heteroatoms. The number of hydrogen-bond donors (Lipinski definition) is 1. The van der Waals surface area contributed by atoms with Gasteiger partial charge in [-0.3, -0.25) is 4.79 Å². The van der Waals surface area contributed by atoms with Crippen LogP contribution in [0, 0.1) is 0 Å². The Morgan fingerprint density at radius 2 is 2.16 bits per heavy atom. The zero-order valence-electron chi connectivity index (χ0n) is 10.0. The molecule has 1 unspecified atom stereocenters. The Hall–Kier alpha value is -1.59. The third-order valence-corrected chi connectivity index (χ3v) is 3.73. The van der Waals surface area contributed by atoms with Crippen LogP contribution < -0.4 is 5.32 Å². The van der Waals surface area contributed by atoms with Gasteiger partial charge in [-0.05, 0) is 24.1 Å². The number of nitrogens with zero attached hydrogens (tertiary/aromatic N) is 2. The number of carbonyl (C=O) groups excluding carboxylic acids is 1. The molecule has 1 aliphatic heterocycles. The lowest BCUT2D eigenvalue weighted by atomic mass is 10.2. The highest BCUT2D eigenvalue weighted by molar-refractivity contribution is 8.15. The van der Waals surface area contributed by atoms with Crippen molar-refractivity contribution in [2.45, 2.75) is 11.7 Å². The number of nitrogens with one attached hydrogen (secondary N) is 1. The third kappa shape index (κ3) is 3.94. The highest BCUT2D eigenvalue weighted by atomic mass is 35.5. The van der Waals surface area contributed by atoms with Crippen molar-refractivity contribution >= 4 is 40.7 Å². The lowest BCUT2D eigenvalue weighted by molar-refractivity contribution is -0.118. The average molecular weight is 294 g/mol. The van der Waals surface area contributed by atoms with E-state index in [4.69, 9.17) is 11.6 Å². The number of amides is 1. The van der Waals surface area contributed by atoms with Crippen LogP contribution in [0.15, 0.2) is 47.1 Å². The normalized spacial score (nSPS) is 21.0. The molecule has 1 heterocycles. The van der Waals surface area contributed by atoms with Gasteiger partial charge < -0.3 is 5.32 Å². The van der Waals surface area contributed by atoms with Crippen molar-refractivity contribution < 1.29 is 4.79 Å². The minimum absolute atomic E-state index is 0.0506. The second kappa shape index (κ2) is 6.54. The molecule has 1 amide bonds. The van der Waals surface area contributed by atoms with Gasteiger partial charge in [-0.25, -0.2) is 0 Å². The van der Waals surface area contributed by atoms with Gasteiger partial charge in [-0.2, -0.15) is 5.10 Å². The fraction of sp³-hybridized carbons (Fsp3) is 0.154. The first kappa shape index (κ1) is 13.8. The molecule has 0 radical (unpaired) electrons. The standard InChI is InChI=1S/C13H12ClN3OS/c1-2-3-11-12(18)16-13(19-11)17-15-8-9-4-6-10(14)7-5-9/h2,4-8,11H,1,3H2,(H,16,17,18). The van der Waals surface area contributed by atoms with E-state index in [2.05, 4.69) is 22.1 Å². The summed E-state index contributed by atoms with van der Waals surface area (Å²) in [6.45, 7) is 3.62. The van der Waals surface area contributed by atoms with E-state index < -0.39 is 0 Å². The molecule has 0 bridgehead atoms. The molecule has 2 rings (SSSR count). The van der Waals surface area contributed by atoms with E-state index >= 15 is 0 Å². The molecule has 4 nitrogen and oxygen atoms in total. The lowest BCUT2D eigenvalue weighted by Gasteiger charge is -1.97. The summed E-state index contributed by atoms with van der Waals surface area (Å²) in [5, 5.41) is 11.6. The van der Waals surface area contributed by atoms with Gasteiger partial charge in [0.15, 0.2) is 5.17 Å². The van der Waals surface area contributed by atoms with Gasteiger partial charge in [0.2, 0.25) is 5.91 Å². The molecule has 0 aliphatic carbocycles. The van der Waals surface area contributed by atoms with Crippen LogP contribution in [0.5, 0.6) is 0 Å². The number of hydrogen-bond acceptors (Lipinski definition) is 4. The fourth-order valence-corrected chi connectivity index (χ4v) is 2.50. The first-order valence-electron chi connectivity index (χ1n) is 5.64. The average Bonchev–Trinajstić information content (AvgIpc) is 2.73. The molecule has 1 N–H and O–H groups in total. The van der Waals surface area contributed by atoms with Crippen LogP contribution in [-0.2, 0) is 4.79 Å². The summed E-state index contributed by atoms with van der Waals surface area (Å²) in [6, 6.07) is 7.24. The maximum absolute atomic E-state index is 11.5. The zero-order valence-corrected chi connectivity index (χ0v) is 11.6. The van der Waals surface area contributed by atoms with Crippen molar-refractivity contribution in [1.29, 1.82) is 0 Å². The Bertz CT molecular complexity index is 539. The maximum atomic E-state index is 11.5. The van der Waals surface area contributed by atoms with Crippen LogP contribution in [0.1, 0.15) is 12.0 Å². The lowest BCUT2D eigenvalue weighted by Crippen LogP contribution is -2.24. The van der Waals surface area contributed by atoms with Crippen LogP contribution in [0.3, 0.4) is 0 Å². The number of allylic oxidation sites excluding steroid dienone is 1. The summed E-state index contributed by atoms with van der Waals surface area (Å²) in [5.74, 6) is -0.0506. The number of amidine groups is 1. The quantitative estimate of drug-likeness (QED) is 0.527. The van der Waals surface area contributed by atoms with Crippen LogP contribution in [0.4, 0.5) is 0 Å². The van der Waals surface area contributed by atoms with Crippen LogP contribution >= 0.6 is 23.4 Å². The smallest absolute Gasteiger partial charge is 0.239 e. The molecular weight excluding hydrogens is 282 g/mol. The number of thioether (sulfide) groups is 1. The molecule has 0 aromatic heterocycles. The molecule has 1 fully saturated rings. The molecular formula is C13H12ClN3OS. The van der Waals surface area contributed by atoms with Gasteiger partial charge in [-0.15, -0.1) is 11.7 Å². The molecule has 1 aromatic rings. The Balaban J connectivity index is 1.98.